The topological polar surface area (TPSA) is 128 Å². The fourth-order valence-electron chi connectivity index (χ4n) is 6.71. The Balaban J connectivity index is 1.63. The van der Waals surface area contributed by atoms with Gasteiger partial charge in [-0.25, -0.2) is 9.18 Å². The smallest absolute Gasteiger partial charge is 0.330 e. The number of benzene rings is 3. The number of rotatable bonds is 16. The molecule has 1 aromatic heterocycles. The highest BCUT2D eigenvalue weighted by Crippen LogP contribution is 2.50. The van der Waals surface area contributed by atoms with Crippen molar-refractivity contribution >= 4 is 8.30 Å². The largest absolute Gasteiger partial charge is 0.497 e. The molecule has 3 aromatic carbocycles. The van der Waals surface area contributed by atoms with Crippen LogP contribution in [0.5, 0.6) is 11.5 Å². The second-order valence-corrected chi connectivity index (χ2v) is 14.8. The Morgan fingerprint density at radius 1 is 0.904 bits per heavy atom. The van der Waals surface area contributed by atoms with Crippen LogP contribution in [0.4, 0.5) is 4.39 Å². The minimum atomic E-state index is -1.83. The van der Waals surface area contributed by atoms with E-state index in [0.717, 1.165) is 27.3 Å². The van der Waals surface area contributed by atoms with Crippen LogP contribution in [-0.2, 0) is 19.6 Å². The van der Waals surface area contributed by atoms with E-state index < -0.39 is 49.8 Å². The predicted octanol–water partition coefficient (Wildman–Crippen LogP) is 6.53. The van der Waals surface area contributed by atoms with Crippen molar-refractivity contribution in [1.82, 2.24) is 14.2 Å². The summed E-state index contributed by atoms with van der Waals surface area (Å²) in [7, 11) is 1.70. The number of H-pyrrole nitrogens is 1. The number of halogens is 1. The van der Waals surface area contributed by atoms with Crippen molar-refractivity contribution in [2.45, 2.75) is 76.4 Å². The summed E-state index contributed by atoms with van der Waals surface area (Å²) in [5, 5.41) is 9.53. The number of methoxy groups -OCH3 is 2. The fourth-order valence-corrected chi connectivity index (χ4v) is 9.01. The summed E-state index contributed by atoms with van der Waals surface area (Å²) in [5.74, 6) is 1.32. The van der Waals surface area contributed by atoms with E-state index in [9.17, 15) is 14.9 Å². The lowest BCUT2D eigenvalue weighted by molar-refractivity contribution is -0.0925. The molecule has 0 amide bonds. The molecule has 2 heterocycles. The zero-order valence-corrected chi connectivity index (χ0v) is 31.2. The number of nitriles is 1. The molecule has 52 heavy (non-hydrogen) atoms. The standard InChI is InChI=1S/C39H46FN4O7P/c1-26(2)44(27(3)4)52(24-10-22-41)51-36-33(50-37(35(36)40)43-23-21-34(45)42-38(43)46)25-49-39(28-11-8-7-9-12-28,29-13-17-31(47-5)18-14-29)30-15-19-32(48-6)20-16-30/h7-9,11-21,23,26-27,33,35-37H,10,24-25H2,1-6H3,(H,42,45,46)/t33-,35-,36-,37-,52?/m0/s1. The molecule has 0 radical (unpaired) electrons. The maximum Gasteiger partial charge on any atom is 0.330 e. The summed E-state index contributed by atoms with van der Waals surface area (Å²) in [4.78, 5) is 27.1. The van der Waals surface area contributed by atoms with E-state index in [1.54, 1.807) is 14.2 Å². The molecule has 0 saturated carbocycles. The van der Waals surface area contributed by atoms with Gasteiger partial charge in [0.25, 0.3) is 5.56 Å². The quantitative estimate of drug-likeness (QED) is 0.101. The van der Waals surface area contributed by atoms with Crippen molar-refractivity contribution in [1.29, 1.82) is 5.26 Å². The highest BCUT2D eigenvalue weighted by molar-refractivity contribution is 7.50. The molecule has 5 rings (SSSR count). The van der Waals surface area contributed by atoms with Gasteiger partial charge < -0.3 is 23.5 Å². The Kier molecular flexibility index (Phi) is 13.0. The first-order valence-corrected chi connectivity index (χ1v) is 18.6. The molecule has 1 aliphatic rings. The van der Waals surface area contributed by atoms with Crippen LogP contribution in [-0.4, -0.2) is 71.7 Å². The van der Waals surface area contributed by atoms with Gasteiger partial charge in [0, 0.05) is 36.9 Å². The average molecular weight is 733 g/mol. The molecule has 1 N–H and O–H groups in total. The van der Waals surface area contributed by atoms with Crippen LogP contribution in [0.3, 0.4) is 0 Å². The first-order chi connectivity index (χ1) is 25.0. The Hall–Kier alpha value is -4.37. The van der Waals surface area contributed by atoms with Crippen LogP contribution in [0.15, 0.2) is 101 Å². The number of ether oxygens (including phenoxy) is 4. The normalized spacial score (nSPS) is 19.6. The van der Waals surface area contributed by atoms with Gasteiger partial charge in [-0.05, 0) is 68.7 Å². The molecule has 1 unspecified atom stereocenters. The van der Waals surface area contributed by atoms with Crippen LogP contribution in [0.1, 0.15) is 57.0 Å². The summed E-state index contributed by atoms with van der Waals surface area (Å²) in [5.41, 5.74) is -0.320. The Morgan fingerprint density at radius 3 is 1.96 bits per heavy atom. The Morgan fingerprint density at radius 2 is 1.46 bits per heavy atom. The lowest BCUT2D eigenvalue weighted by atomic mass is 9.80. The van der Waals surface area contributed by atoms with Crippen LogP contribution in [0.25, 0.3) is 0 Å². The monoisotopic (exact) mass is 732 g/mol. The molecule has 11 nitrogen and oxygen atoms in total. The molecule has 0 bridgehead atoms. The van der Waals surface area contributed by atoms with E-state index in [1.807, 2.05) is 107 Å². The molecular formula is C39H46FN4O7P. The third kappa shape index (κ3) is 8.30. The molecular weight excluding hydrogens is 686 g/mol. The fraction of sp³-hybridized carbons (Fsp3) is 0.410. The van der Waals surface area contributed by atoms with Gasteiger partial charge in [0.05, 0.1) is 26.9 Å². The number of nitrogens with zero attached hydrogens (tertiary/aromatic N) is 3. The summed E-state index contributed by atoms with van der Waals surface area (Å²) in [6.07, 6.45) is -3.67. The van der Waals surface area contributed by atoms with E-state index in [0.29, 0.717) is 17.7 Å². The van der Waals surface area contributed by atoms with Crippen molar-refractivity contribution in [2.75, 3.05) is 27.0 Å². The van der Waals surface area contributed by atoms with E-state index in [4.69, 9.17) is 23.5 Å². The highest BCUT2D eigenvalue weighted by Gasteiger charge is 2.51. The summed E-state index contributed by atoms with van der Waals surface area (Å²) >= 11 is 0. The van der Waals surface area contributed by atoms with Gasteiger partial charge in [0.15, 0.2) is 12.4 Å². The van der Waals surface area contributed by atoms with Gasteiger partial charge in [-0.3, -0.25) is 19.0 Å². The first-order valence-electron chi connectivity index (χ1n) is 17.2. The number of alkyl halides is 1. The number of nitrogens with one attached hydrogen (secondary N) is 1. The summed E-state index contributed by atoms with van der Waals surface area (Å²) in [6.45, 7) is 7.96. The zero-order chi connectivity index (χ0) is 37.4. The lowest BCUT2D eigenvalue weighted by Gasteiger charge is -2.40. The van der Waals surface area contributed by atoms with Gasteiger partial charge in [0.2, 0.25) is 0 Å². The zero-order valence-electron chi connectivity index (χ0n) is 30.3. The van der Waals surface area contributed by atoms with E-state index in [-0.39, 0.29) is 25.1 Å². The van der Waals surface area contributed by atoms with E-state index in [2.05, 4.69) is 15.7 Å². The number of aromatic nitrogens is 2. The van der Waals surface area contributed by atoms with Crippen LogP contribution >= 0.6 is 8.30 Å². The van der Waals surface area contributed by atoms with Gasteiger partial charge in [0.1, 0.15) is 37.6 Å². The number of aromatic amines is 1. The summed E-state index contributed by atoms with van der Waals surface area (Å²) in [6, 6.07) is 28.2. The van der Waals surface area contributed by atoms with Gasteiger partial charge in [-0.1, -0.05) is 54.6 Å². The second kappa shape index (κ2) is 17.4. The van der Waals surface area contributed by atoms with Gasteiger partial charge in [-0.2, -0.15) is 5.26 Å². The molecule has 276 valence electrons. The van der Waals surface area contributed by atoms with Crippen molar-refractivity contribution < 1.29 is 27.9 Å². The van der Waals surface area contributed by atoms with E-state index >= 15 is 4.39 Å². The van der Waals surface area contributed by atoms with Crippen molar-refractivity contribution in [2.24, 2.45) is 0 Å². The number of hydrogen-bond acceptors (Lipinski definition) is 9. The average Bonchev–Trinajstić information content (AvgIpc) is 3.45. The maximum atomic E-state index is 16.9. The van der Waals surface area contributed by atoms with Crippen LogP contribution in [0.2, 0.25) is 0 Å². The molecule has 4 aromatic rings. The first kappa shape index (κ1) is 38.9. The van der Waals surface area contributed by atoms with Crippen molar-refractivity contribution in [3.63, 3.8) is 0 Å². The molecule has 1 aliphatic heterocycles. The second-order valence-electron chi connectivity index (χ2n) is 13.0. The summed E-state index contributed by atoms with van der Waals surface area (Å²) < 4.78 is 51.2. The van der Waals surface area contributed by atoms with Crippen LogP contribution < -0.4 is 20.7 Å². The maximum absolute atomic E-state index is 16.9. The third-order valence-corrected chi connectivity index (χ3v) is 11.5. The molecule has 1 saturated heterocycles. The molecule has 13 heteroatoms. The van der Waals surface area contributed by atoms with Crippen molar-refractivity contribution in [3.05, 3.63) is 129 Å². The Bertz CT molecular complexity index is 1840. The highest BCUT2D eigenvalue weighted by atomic mass is 31.2. The third-order valence-electron chi connectivity index (χ3n) is 9.00. The van der Waals surface area contributed by atoms with Crippen molar-refractivity contribution in [3.8, 4) is 17.6 Å². The lowest BCUT2D eigenvalue weighted by Crippen LogP contribution is -2.41. The molecule has 0 spiro atoms. The minimum absolute atomic E-state index is 0.0355. The van der Waals surface area contributed by atoms with E-state index in [1.165, 1.54) is 6.20 Å². The minimum Gasteiger partial charge on any atom is -0.497 e. The van der Waals surface area contributed by atoms with Gasteiger partial charge in [-0.15, -0.1) is 0 Å². The van der Waals surface area contributed by atoms with Crippen LogP contribution in [0, 0.1) is 11.3 Å². The van der Waals surface area contributed by atoms with Gasteiger partial charge >= 0.3 is 5.69 Å². The SMILES string of the molecule is COc1ccc(C(OC[C@@H]2O[C@H](n3ccc(=O)[nH]c3=O)[C@@H](F)[C@H]2OP(CCC#N)N(C(C)C)C(C)C)(c2ccccc2)c2ccc(OC)cc2)cc1. The molecule has 0 aliphatic carbocycles. The Labute approximate surface area is 304 Å². The number of hydrogen-bond donors (Lipinski definition) is 1. The predicted molar refractivity (Wildman–Crippen MR) is 197 cm³/mol. The molecule has 5 atom stereocenters. The molecule has 1 fully saturated rings.